The molecule has 5 aromatic rings. The number of rotatable bonds is 6. The first-order chi connectivity index (χ1) is 19.5. The lowest BCUT2D eigenvalue weighted by atomic mass is 9.99. The van der Waals surface area contributed by atoms with Crippen LogP contribution in [-0.2, 0) is 10.0 Å². The van der Waals surface area contributed by atoms with Crippen molar-refractivity contribution in [2.24, 2.45) is 0 Å². The number of carbonyl (C=O) groups is 1. The van der Waals surface area contributed by atoms with Gasteiger partial charge in [0.15, 0.2) is 17.3 Å². The van der Waals surface area contributed by atoms with E-state index < -0.39 is 49.8 Å². The third-order valence-electron chi connectivity index (χ3n) is 6.27. The fraction of sp³-hybridized carbons (Fsp3) is 0.0714. The highest BCUT2D eigenvalue weighted by Crippen LogP contribution is 2.31. The minimum atomic E-state index is -4.30. The number of carbonyl (C=O) groups excluding carboxylic acids is 1. The van der Waals surface area contributed by atoms with E-state index in [1.165, 1.54) is 48.5 Å². The van der Waals surface area contributed by atoms with Crippen LogP contribution in [0.15, 0.2) is 82.7 Å². The lowest BCUT2D eigenvalue weighted by Gasteiger charge is -2.16. The number of amides is 1. The Morgan fingerprint density at radius 3 is 2.37 bits per heavy atom. The number of nitrogens with zero attached hydrogens (tertiary/aromatic N) is 3. The third kappa shape index (κ3) is 5.19. The van der Waals surface area contributed by atoms with Gasteiger partial charge in [-0.2, -0.15) is 4.98 Å². The second-order valence-corrected chi connectivity index (χ2v) is 10.7. The molecule has 1 amide bonds. The molecule has 0 atom stereocenters. The van der Waals surface area contributed by atoms with Gasteiger partial charge in [0.25, 0.3) is 26.6 Å². The molecule has 0 spiro atoms. The lowest BCUT2D eigenvalue weighted by molar-refractivity contribution is 0.102. The fourth-order valence-corrected chi connectivity index (χ4v) is 4.77. The SMILES string of the molecule is CNS(=O)(=O)c1nc(-c2cc(C(=O)Nc3ccc(F)cc3)ccc2C)c2ccc(=O)n(-c3cccc(F)c3F)c2n1. The lowest BCUT2D eigenvalue weighted by Crippen LogP contribution is -2.24. The average molecular weight is 580 g/mol. The highest BCUT2D eigenvalue weighted by atomic mass is 32.2. The molecule has 0 radical (unpaired) electrons. The van der Waals surface area contributed by atoms with Crippen LogP contribution < -0.4 is 15.6 Å². The summed E-state index contributed by atoms with van der Waals surface area (Å²) >= 11 is 0. The summed E-state index contributed by atoms with van der Waals surface area (Å²) < 4.78 is 70.8. The van der Waals surface area contributed by atoms with E-state index in [9.17, 15) is 31.2 Å². The summed E-state index contributed by atoms with van der Waals surface area (Å²) in [6.07, 6.45) is 0. The first kappa shape index (κ1) is 27.7. The molecule has 3 aromatic carbocycles. The molecule has 5 rings (SSSR count). The summed E-state index contributed by atoms with van der Waals surface area (Å²) in [5.74, 6) is -3.58. The van der Waals surface area contributed by atoms with Gasteiger partial charge in [-0.3, -0.25) is 14.2 Å². The Bertz CT molecular complexity index is 2010. The minimum absolute atomic E-state index is 0.0170. The van der Waals surface area contributed by atoms with Crippen molar-refractivity contribution in [1.29, 1.82) is 0 Å². The molecule has 2 heterocycles. The van der Waals surface area contributed by atoms with Crippen molar-refractivity contribution >= 4 is 32.7 Å². The maximum Gasteiger partial charge on any atom is 0.276 e. The molecule has 0 aliphatic carbocycles. The van der Waals surface area contributed by atoms with Gasteiger partial charge in [-0.15, -0.1) is 0 Å². The van der Waals surface area contributed by atoms with Crippen molar-refractivity contribution in [3.8, 4) is 16.9 Å². The summed E-state index contributed by atoms with van der Waals surface area (Å²) in [6, 6.07) is 15.4. The topological polar surface area (TPSA) is 123 Å². The number of sulfonamides is 1. The van der Waals surface area contributed by atoms with Crippen LogP contribution in [0.2, 0.25) is 0 Å². The minimum Gasteiger partial charge on any atom is -0.322 e. The average Bonchev–Trinajstić information content (AvgIpc) is 2.95. The molecule has 9 nitrogen and oxygen atoms in total. The molecule has 0 unspecified atom stereocenters. The zero-order valence-electron chi connectivity index (χ0n) is 21.4. The van der Waals surface area contributed by atoms with Crippen molar-refractivity contribution in [3.63, 3.8) is 0 Å². The third-order valence-corrected chi connectivity index (χ3v) is 7.47. The van der Waals surface area contributed by atoms with Gasteiger partial charge >= 0.3 is 0 Å². The van der Waals surface area contributed by atoms with Gasteiger partial charge in [0.05, 0.1) is 11.4 Å². The summed E-state index contributed by atoms with van der Waals surface area (Å²) in [5.41, 5.74) is -0.193. The predicted molar refractivity (Wildman–Crippen MR) is 146 cm³/mol. The zero-order chi connectivity index (χ0) is 29.5. The van der Waals surface area contributed by atoms with E-state index in [1.54, 1.807) is 13.0 Å². The standard InChI is InChI=1S/C28H20F3N5O4S/c1-15-6-7-16(27(38)33-18-10-8-17(29)9-11-18)14-20(15)25-19-12-13-23(37)36(22-5-3-4-21(30)24(22)31)26(19)35-28(34-25)41(39,40)32-2/h3-14,32H,1-2H3,(H,33,38). The maximum absolute atomic E-state index is 14.9. The van der Waals surface area contributed by atoms with Gasteiger partial charge in [0.2, 0.25) is 0 Å². The molecule has 0 fully saturated rings. The van der Waals surface area contributed by atoms with Gasteiger partial charge in [-0.25, -0.2) is 31.3 Å². The molecule has 0 saturated heterocycles. The molecular formula is C28H20F3N5O4S. The van der Waals surface area contributed by atoms with Crippen molar-refractivity contribution in [1.82, 2.24) is 19.3 Å². The molecule has 2 N–H and O–H groups in total. The molecular weight excluding hydrogens is 559 g/mol. The second-order valence-electron chi connectivity index (χ2n) is 8.87. The van der Waals surface area contributed by atoms with E-state index in [0.717, 1.165) is 29.8 Å². The van der Waals surface area contributed by atoms with Gasteiger partial charge in [0, 0.05) is 28.3 Å². The van der Waals surface area contributed by atoms with E-state index in [1.807, 2.05) is 0 Å². The Morgan fingerprint density at radius 1 is 0.927 bits per heavy atom. The Hall–Kier alpha value is -4.88. The van der Waals surface area contributed by atoms with E-state index in [4.69, 9.17) is 0 Å². The van der Waals surface area contributed by atoms with Crippen molar-refractivity contribution < 1.29 is 26.4 Å². The quantitative estimate of drug-likeness (QED) is 0.289. The molecule has 2 aromatic heterocycles. The maximum atomic E-state index is 14.9. The highest BCUT2D eigenvalue weighted by molar-refractivity contribution is 7.89. The molecule has 0 saturated carbocycles. The Labute approximate surface area is 231 Å². The molecule has 208 valence electrons. The number of benzene rings is 3. The number of pyridine rings is 1. The normalized spacial score (nSPS) is 11.5. The number of fused-ring (bicyclic) bond motifs is 1. The number of hydrogen-bond acceptors (Lipinski definition) is 6. The monoisotopic (exact) mass is 579 g/mol. The van der Waals surface area contributed by atoms with Crippen molar-refractivity contribution in [2.75, 3.05) is 12.4 Å². The van der Waals surface area contributed by atoms with Crippen molar-refractivity contribution in [2.45, 2.75) is 12.1 Å². The smallest absolute Gasteiger partial charge is 0.276 e. The summed E-state index contributed by atoms with van der Waals surface area (Å²) in [4.78, 5) is 34.3. The molecule has 0 aliphatic rings. The van der Waals surface area contributed by atoms with E-state index >= 15 is 0 Å². The molecule has 0 bridgehead atoms. The van der Waals surface area contributed by atoms with Crippen molar-refractivity contribution in [3.05, 3.63) is 112 Å². The molecule has 41 heavy (non-hydrogen) atoms. The first-order valence-corrected chi connectivity index (χ1v) is 13.5. The second kappa shape index (κ2) is 10.6. The number of nitrogens with one attached hydrogen (secondary N) is 2. The molecule has 0 aliphatic heterocycles. The summed E-state index contributed by atoms with van der Waals surface area (Å²) in [5, 5.41) is 2.04. The van der Waals surface area contributed by atoms with Crippen LogP contribution >= 0.6 is 0 Å². The van der Waals surface area contributed by atoms with E-state index in [0.29, 0.717) is 16.8 Å². The van der Waals surface area contributed by atoms with Crippen LogP contribution in [0, 0.1) is 24.4 Å². The van der Waals surface area contributed by atoms with Gasteiger partial charge in [0.1, 0.15) is 5.82 Å². The van der Waals surface area contributed by atoms with E-state index in [2.05, 4.69) is 20.0 Å². The van der Waals surface area contributed by atoms with Crippen LogP contribution in [0.3, 0.4) is 0 Å². The fourth-order valence-electron chi connectivity index (χ4n) is 4.16. The van der Waals surface area contributed by atoms with Crippen LogP contribution in [0.5, 0.6) is 0 Å². The van der Waals surface area contributed by atoms with Gasteiger partial charge < -0.3 is 5.32 Å². The van der Waals surface area contributed by atoms with Crippen LogP contribution in [-0.4, -0.2) is 35.9 Å². The van der Waals surface area contributed by atoms with Crippen LogP contribution in [0.1, 0.15) is 15.9 Å². The number of aromatic nitrogens is 3. The number of anilines is 1. The van der Waals surface area contributed by atoms with Gasteiger partial charge in [-0.1, -0.05) is 12.1 Å². The summed E-state index contributed by atoms with van der Waals surface area (Å²) in [7, 11) is -3.16. The predicted octanol–water partition coefficient (Wildman–Crippen LogP) is 4.33. The number of halogens is 3. The molecule has 13 heteroatoms. The van der Waals surface area contributed by atoms with Crippen LogP contribution in [0.25, 0.3) is 28.0 Å². The van der Waals surface area contributed by atoms with E-state index in [-0.39, 0.29) is 22.3 Å². The highest BCUT2D eigenvalue weighted by Gasteiger charge is 2.24. The van der Waals surface area contributed by atoms with Crippen LogP contribution in [0.4, 0.5) is 18.9 Å². The number of aryl methyl sites for hydroxylation is 1. The first-order valence-electron chi connectivity index (χ1n) is 12.0. The largest absolute Gasteiger partial charge is 0.322 e. The summed E-state index contributed by atoms with van der Waals surface area (Å²) in [6.45, 7) is 1.69. The Balaban J connectivity index is 1.77. The zero-order valence-corrected chi connectivity index (χ0v) is 22.3. The number of hydrogen-bond donors (Lipinski definition) is 2. The Kier molecular flexibility index (Phi) is 7.15. The Morgan fingerprint density at radius 2 is 1.66 bits per heavy atom. The van der Waals surface area contributed by atoms with Gasteiger partial charge in [-0.05, 0) is 74.1 Å².